The Morgan fingerprint density at radius 3 is 1.07 bits per heavy atom. The van der Waals surface area contributed by atoms with E-state index in [1.165, 1.54) is 38.5 Å². The topological polar surface area (TPSA) is 63.6 Å². The van der Waals surface area contributed by atoms with Crippen LogP contribution in [-0.4, -0.2) is 35.0 Å². The molecule has 0 saturated heterocycles. The van der Waals surface area contributed by atoms with Crippen molar-refractivity contribution in [2.45, 2.75) is 200 Å². The predicted octanol–water partition coefficient (Wildman–Crippen LogP) is 11.5. The van der Waals surface area contributed by atoms with Crippen molar-refractivity contribution in [3.63, 3.8) is 0 Å². The summed E-state index contributed by atoms with van der Waals surface area (Å²) in [6, 6.07) is 0. The molecule has 0 aliphatic carbocycles. The van der Waals surface area contributed by atoms with Gasteiger partial charge in [0, 0.05) is 0 Å². The van der Waals surface area contributed by atoms with Gasteiger partial charge in [0.15, 0.2) is 0 Å². The average molecular weight is 577 g/mol. The van der Waals surface area contributed by atoms with E-state index in [-0.39, 0.29) is 19.4 Å². The molecule has 0 bridgehead atoms. The molecule has 2 unspecified atom stereocenters. The van der Waals surface area contributed by atoms with Gasteiger partial charge < -0.3 is 9.84 Å². The van der Waals surface area contributed by atoms with Crippen molar-refractivity contribution in [1.29, 1.82) is 0 Å². The number of carboxylic acid groups (broad SMARTS) is 1. The third-order valence-corrected chi connectivity index (χ3v) is 7.73. The van der Waals surface area contributed by atoms with Crippen molar-refractivity contribution in [1.82, 2.24) is 0 Å². The first kappa shape index (κ1) is 40.9. The van der Waals surface area contributed by atoms with Crippen molar-refractivity contribution < 1.29 is 28.2 Å². The fraction of sp³-hybridized carbons (Fsp3) is 0.941. The van der Waals surface area contributed by atoms with Crippen LogP contribution in [0.4, 0.5) is 8.78 Å². The van der Waals surface area contributed by atoms with Gasteiger partial charge >= 0.3 is 11.9 Å². The minimum atomic E-state index is -1.99. The lowest BCUT2D eigenvalue weighted by molar-refractivity contribution is -0.158. The van der Waals surface area contributed by atoms with Gasteiger partial charge in [0.2, 0.25) is 11.3 Å². The molecule has 0 aliphatic rings. The zero-order chi connectivity index (χ0) is 30.5. The summed E-state index contributed by atoms with van der Waals surface area (Å²) in [6.45, 7) is 10.6. The van der Waals surface area contributed by atoms with Gasteiger partial charge in [0.25, 0.3) is 0 Å². The van der Waals surface area contributed by atoms with Gasteiger partial charge in [-0.25, -0.2) is 18.4 Å². The van der Waals surface area contributed by atoms with Crippen molar-refractivity contribution in [3.05, 3.63) is 0 Å². The third-order valence-electron chi connectivity index (χ3n) is 7.73. The molecular formula is C34H66F2O4. The van der Waals surface area contributed by atoms with Crippen molar-refractivity contribution in [3.8, 4) is 0 Å². The van der Waals surface area contributed by atoms with Crippen LogP contribution in [0, 0.1) is 0 Å². The first-order chi connectivity index (χ1) is 19.2. The highest BCUT2D eigenvalue weighted by molar-refractivity contribution is 5.79. The molecule has 0 spiro atoms. The van der Waals surface area contributed by atoms with Crippen molar-refractivity contribution >= 4 is 11.9 Å². The Morgan fingerprint density at radius 1 is 0.500 bits per heavy atom. The van der Waals surface area contributed by atoms with Gasteiger partial charge in [-0.15, -0.1) is 0 Å². The number of rotatable bonds is 27. The molecule has 0 fully saturated rings. The molecule has 0 heterocycles. The quantitative estimate of drug-likeness (QED) is 0.0780. The smallest absolute Gasteiger partial charge is 0.343 e. The summed E-state index contributed by atoms with van der Waals surface area (Å²) in [6.07, 6.45) is 21.7. The Bertz CT molecular complexity index is 586. The maximum Gasteiger partial charge on any atom is 0.343 e. The van der Waals surface area contributed by atoms with Gasteiger partial charge in [-0.1, -0.05) is 130 Å². The predicted molar refractivity (Wildman–Crippen MR) is 165 cm³/mol. The van der Waals surface area contributed by atoms with Crippen LogP contribution in [-0.2, 0) is 14.3 Å². The van der Waals surface area contributed by atoms with Gasteiger partial charge in [-0.2, -0.15) is 0 Å². The van der Waals surface area contributed by atoms with E-state index in [9.17, 15) is 18.4 Å². The highest BCUT2D eigenvalue weighted by Crippen LogP contribution is 2.29. The van der Waals surface area contributed by atoms with E-state index in [0.29, 0.717) is 25.7 Å². The number of ether oxygens (including phenoxy) is 1. The minimum absolute atomic E-state index is 0.178. The number of carboxylic acids is 1. The first-order valence-corrected chi connectivity index (χ1v) is 17.0. The molecule has 0 aromatic heterocycles. The highest BCUT2D eigenvalue weighted by atomic mass is 19.1. The van der Waals surface area contributed by atoms with E-state index in [1.807, 2.05) is 0 Å². The van der Waals surface area contributed by atoms with Gasteiger partial charge in [-0.3, -0.25) is 0 Å². The monoisotopic (exact) mass is 576 g/mol. The number of alkyl halides is 2. The molecule has 2 atom stereocenters. The largest absolute Gasteiger partial charge is 0.479 e. The number of hydrogen-bond acceptors (Lipinski definition) is 3. The summed E-state index contributed by atoms with van der Waals surface area (Å²) < 4.78 is 34.2. The number of aliphatic carboxylic acids is 1. The average Bonchev–Trinajstić information content (AvgIpc) is 2.93. The van der Waals surface area contributed by atoms with Crippen LogP contribution in [0.2, 0.25) is 0 Å². The fourth-order valence-electron chi connectivity index (χ4n) is 4.96. The van der Waals surface area contributed by atoms with Gasteiger partial charge in [0.05, 0.1) is 6.61 Å². The Balaban J connectivity index is 0. The summed E-state index contributed by atoms with van der Waals surface area (Å²) in [5.74, 6) is -1.91. The molecule has 0 rings (SSSR count). The summed E-state index contributed by atoms with van der Waals surface area (Å²) in [7, 11) is 0. The standard InChI is InChI=1S/C18H35FO2.C16H31FO2/c1-4-7-9-11-12-14-16-18(19,17(20)21-6-3)15-13-10-8-5-2;1-3-5-7-9-10-12-14-16(17,15(18)19)13-11-8-6-4-2/h4-16H2,1-3H3;3-14H2,1-2H3,(H,18,19). The molecule has 0 aromatic carbocycles. The Kier molecular flexibility index (Phi) is 28.6. The number of halogens is 2. The minimum Gasteiger partial charge on any atom is -0.479 e. The lowest BCUT2D eigenvalue weighted by Crippen LogP contribution is -2.35. The second-order valence-corrected chi connectivity index (χ2v) is 11.6. The van der Waals surface area contributed by atoms with Crippen molar-refractivity contribution in [2.24, 2.45) is 0 Å². The molecule has 240 valence electrons. The van der Waals surface area contributed by atoms with Crippen LogP contribution in [0.5, 0.6) is 0 Å². The van der Waals surface area contributed by atoms with E-state index in [1.54, 1.807) is 6.92 Å². The molecule has 0 saturated carbocycles. The zero-order valence-electron chi connectivity index (χ0n) is 27.1. The van der Waals surface area contributed by atoms with Crippen LogP contribution < -0.4 is 0 Å². The van der Waals surface area contributed by atoms with Crippen molar-refractivity contribution in [2.75, 3.05) is 6.61 Å². The maximum absolute atomic E-state index is 14.9. The summed E-state index contributed by atoms with van der Waals surface area (Å²) in [5, 5.41) is 9.05. The van der Waals surface area contributed by atoms with E-state index < -0.39 is 23.3 Å². The van der Waals surface area contributed by atoms with E-state index in [2.05, 4.69) is 27.7 Å². The molecule has 0 aromatic rings. The Hall–Kier alpha value is -1.20. The van der Waals surface area contributed by atoms with Crippen LogP contribution in [0.25, 0.3) is 0 Å². The molecular weight excluding hydrogens is 510 g/mol. The van der Waals surface area contributed by atoms with Crippen LogP contribution in [0.3, 0.4) is 0 Å². The summed E-state index contributed by atoms with van der Waals surface area (Å²) >= 11 is 0. The number of esters is 1. The summed E-state index contributed by atoms with van der Waals surface area (Å²) in [5.41, 5.74) is -3.74. The molecule has 0 amide bonds. The second-order valence-electron chi connectivity index (χ2n) is 11.6. The molecule has 0 radical (unpaired) electrons. The number of hydrogen-bond donors (Lipinski definition) is 1. The van der Waals surface area contributed by atoms with Crippen LogP contribution in [0.1, 0.15) is 189 Å². The fourth-order valence-corrected chi connectivity index (χ4v) is 4.96. The Morgan fingerprint density at radius 2 is 0.775 bits per heavy atom. The normalized spacial score (nSPS) is 14.1. The van der Waals surface area contributed by atoms with Gasteiger partial charge in [-0.05, 0) is 58.3 Å². The van der Waals surface area contributed by atoms with E-state index >= 15 is 0 Å². The second kappa shape index (κ2) is 27.9. The SMILES string of the molecule is CCCCCCCCC(F)(CCCCCC)C(=O)O.CCCCCCCCC(F)(CCCCCC)C(=O)OCC. The number of unbranched alkanes of at least 4 members (excludes halogenated alkanes) is 16. The molecule has 0 aliphatic heterocycles. The van der Waals surface area contributed by atoms with Crippen LogP contribution >= 0.6 is 0 Å². The molecule has 6 heteroatoms. The first-order valence-electron chi connectivity index (χ1n) is 17.0. The van der Waals surface area contributed by atoms with E-state index in [0.717, 1.165) is 77.0 Å². The number of carbonyl (C=O) groups excluding carboxylic acids is 1. The number of carbonyl (C=O) groups is 2. The lowest BCUT2D eigenvalue weighted by Gasteiger charge is -2.23. The third kappa shape index (κ3) is 22.5. The lowest BCUT2D eigenvalue weighted by atomic mass is 9.91. The summed E-state index contributed by atoms with van der Waals surface area (Å²) in [4.78, 5) is 23.0. The van der Waals surface area contributed by atoms with E-state index in [4.69, 9.17) is 9.84 Å². The zero-order valence-corrected chi connectivity index (χ0v) is 27.1. The maximum atomic E-state index is 14.9. The molecule has 1 N–H and O–H groups in total. The highest BCUT2D eigenvalue weighted by Gasteiger charge is 2.39. The Labute approximate surface area is 246 Å². The van der Waals surface area contributed by atoms with Crippen LogP contribution in [0.15, 0.2) is 0 Å². The van der Waals surface area contributed by atoms with Gasteiger partial charge in [0.1, 0.15) is 0 Å². The molecule has 40 heavy (non-hydrogen) atoms. The molecule has 4 nitrogen and oxygen atoms in total.